The van der Waals surface area contributed by atoms with E-state index in [0.717, 1.165) is 6.54 Å². The minimum Gasteiger partial charge on any atom is -0.495 e. The molecular formula is C14H17N3O3. The third-order valence-corrected chi connectivity index (χ3v) is 3.02. The number of morpholine rings is 1. The number of nitrogens with one attached hydrogen (secondary N) is 2. The van der Waals surface area contributed by atoms with Crippen molar-refractivity contribution in [3.8, 4) is 11.8 Å². The number of anilines is 1. The van der Waals surface area contributed by atoms with Crippen LogP contribution in [0.3, 0.4) is 0 Å². The zero-order valence-electron chi connectivity index (χ0n) is 11.3. The quantitative estimate of drug-likeness (QED) is 0.852. The number of ether oxygens (including phenoxy) is 2. The van der Waals surface area contributed by atoms with Crippen molar-refractivity contribution in [2.45, 2.75) is 12.5 Å². The van der Waals surface area contributed by atoms with Gasteiger partial charge in [-0.2, -0.15) is 5.26 Å². The molecule has 1 aromatic rings. The minimum absolute atomic E-state index is 0.104. The van der Waals surface area contributed by atoms with Crippen molar-refractivity contribution >= 4 is 11.6 Å². The molecule has 1 aromatic carbocycles. The average molecular weight is 275 g/mol. The Balaban J connectivity index is 1.98. The highest BCUT2D eigenvalue weighted by molar-refractivity contribution is 5.92. The molecule has 1 amide bonds. The summed E-state index contributed by atoms with van der Waals surface area (Å²) in [5.41, 5.74) is 1.04. The van der Waals surface area contributed by atoms with Gasteiger partial charge in [-0.3, -0.25) is 4.79 Å². The molecular weight excluding hydrogens is 258 g/mol. The fraction of sp³-hybridized carbons (Fsp3) is 0.429. The first-order chi connectivity index (χ1) is 9.72. The summed E-state index contributed by atoms with van der Waals surface area (Å²) in [5.74, 6) is 0.335. The molecule has 106 valence electrons. The highest BCUT2D eigenvalue weighted by atomic mass is 16.5. The van der Waals surface area contributed by atoms with Crippen LogP contribution in [0.25, 0.3) is 0 Å². The molecule has 0 saturated carbocycles. The third-order valence-electron chi connectivity index (χ3n) is 3.02. The second kappa shape index (κ2) is 6.89. The van der Waals surface area contributed by atoms with Crippen molar-refractivity contribution in [1.82, 2.24) is 5.32 Å². The second-order valence-corrected chi connectivity index (χ2v) is 4.48. The first-order valence-corrected chi connectivity index (χ1v) is 6.43. The molecule has 1 fully saturated rings. The second-order valence-electron chi connectivity index (χ2n) is 4.48. The Morgan fingerprint density at radius 3 is 3.15 bits per heavy atom. The lowest BCUT2D eigenvalue weighted by atomic mass is 10.2. The molecule has 0 aromatic heterocycles. The summed E-state index contributed by atoms with van der Waals surface area (Å²) >= 11 is 0. The standard InChI is InChI=1S/C14H17N3O3/c1-19-13-6-10(8-15)2-3-12(13)17-14(18)7-11-9-16-4-5-20-11/h2-3,6,11,16H,4-5,7,9H2,1H3,(H,17,18). The maximum absolute atomic E-state index is 12.0. The normalized spacial score (nSPS) is 18.1. The van der Waals surface area contributed by atoms with E-state index in [0.29, 0.717) is 30.2 Å². The Kier molecular flexibility index (Phi) is 4.93. The van der Waals surface area contributed by atoms with Crippen LogP contribution in [0.15, 0.2) is 18.2 Å². The molecule has 6 heteroatoms. The van der Waals surface area contributed by atoms with Crippen molar-refractivity contribution in [1.29, 1.82) is 5.26 Å². The zero-order valence-corrected chi connectivity index (χ0v) is 11.3. The number of hydrogen-bond acceptors (Lipinski definition) is 5. The van der Waals surface area contributed by atoms with Crippen LogP contribution in [0.5, 0.6) is 5.75 Å². The molecule has 0 aliphatic carbocycles. The van der Waals surface area contributed by atoms with Crippen molar-refractivity contribution in [2.24, 2.45) is 0 Å². The van der Waals surface area contributed by atoms with Crippen LogP contribution in [0.4, 0.5) is 5.69 Å². The first-order valence-electron chi connectivity index (χ1n) is 6.43. The molecule has 1 heterocycles. The van der Waals surface area contributed by atoms with Gasteiger partial charge in [0.25, 0.3) is 0 Å². The number of benzene rings is 1. The van der Waals surface area contributed by atoms with Gasteiger partial charge in [0, 0.05) is 19.2 Å². The molecule has 2 N–H and O–H groups in total. The summed E-state index contributed by atoms with van der Waals surface area (Å²) in [4.78, 5) is 12.0. The Morgan fingerprint density at radius 2 is 2.50 bits per heavy atom. The summed E-state index contributed by atoms with van der Waals surface area (Å²) in [6.45, 7) is 2.12. The predicted octanol–water partition coefficient (Wildman–Crippen LogP) is 0.884. The van der Waals surface area contributed by atoms with Crippen molar-refractivity contribution < 1.29 is 14.3 Å². The largest absolute Gasteiger partial charge is 0.495 e. The molecule has 0 spiro atoms. The van der Waals surface area contributed by atoms with Crippen LogP contribution in [-0.4, -0.2) is 38.8 Å². The first kappa shape index (κ1) is 14.3. The monoisotopic (exact) mass is 275 g/mol. The van der Waals surface area contributed by atoms with Gasteiger partial charge in [0.1, 0.15) is 5.75 Å². The molecule has 2 rings (SSSR count). The number of carbonyl (C=O) groups excluding carboxylic acids is 1. The molecule has 6 nitrogen and oxygen atoms in total. The van der Waals surface area contributed by atoms with E-state index in [2.05, 4.69) is 10.6 Å². The summed E-state index contributed by atoms with van der Waals surface area (Å²) in [6.07, 6.45) is 0.184. The summed E-state index contributed by atoms with van der Waals surface area (Å²) in [5, 5.41) is 14.8. The molecule has 1 saturated heterocycles. The fourth-order valence-corrected chi connectivity index (χ4v) is 2.02. The van der Waals surface area contributed by atoms with Gasteiger partial charge >= 0.3 is 0 Å². The maximum Gasteiger partial charge on any atom is 0.227 e. The van der Waals surface area contributed by atoms with Crippen molar-refractivity contribution in [3.05, 3.63) is 23.8 Å². The predicted molar refractivity (Wildman–Crippen MR) is 73.6 cm³/mol. The number of carbonyl (C=O) groups is 1. The SMILES string of the molecule is COc1cc(C#N)ccc1NC(=O)CC1CNCCO1. The van der Waals surface area contributed by atoms with Crippen LogP contribution in [0, 0.1) is 11.3 Å². The van der Waals surface area contributed by atoms with Crippen LogP contribution in [0.1, 0.15) is 12.0 Å². The van der Waals surface area contributed by atoms with Gasteiger partial charge in [-0.05, 0) is 12.1 Å². The Bertz CT molecular complexity index is 519. The summed E-state index contributed by atoms with van der Waals surface area (Å²) in [7, 11) is 1.50. The lowest BCUT2D eigenvalue weighted by Crippen LogP contribution is -2.40. The van der Waals surface area contributed by atoms with Crippen LogP contribution >= 0.6 is 0 Å². The summed E-state index contributed by atoms with van der Waals surface area (Å²) < 4.78 is 10.7. The average Bonchev–Trinajstić information content (AvgIpc) is 2.48. The lowest BCUT2D eigenvalue weighted by molar-refractivity contribution is -0.119. The number of rotatable bonds is 4. The third kappa shape index (κ3) is 3.70. The number of nitriles is 1. The molecule has 0 radical (unpaired) electrons. The molecule has 1 unspecified atom stereocenters. The lowest BCUT2D eigenvalue weighted by Gasteiger charge is -2.23. The van der Waals surface area contributed by atoms with Gasteiger partial charge in [0.2, 0.25) is 5.91 Å². The van der Waals surface area contributed by atoms with Crippen LogP contribution < -0.4 is 15.4 Å². The molecule has 1 aliphatic heterocycles. The molecule has 1 atom stereocenters. The van der Waals surface area contributed by atoms with Crippen molar-refractivity contribution in [3.63, 3.8) is 0 Å². The van der Waals surface area contributed by atoms with Crippen LogP contribution in [-0.2, 0) is 9.53 Å². The number of hydrogen-bond donors (Lipinski definition) is 2. The van der Waals surface area contributed by atoms with Gasteiger partial charge in [0.05, 0.1) is 43.6 Å². The Morgan fingerprint density at radius 1 is 1.65 bits per heavy atom. The van der Waals surface area contributed by atoms with E-state index in [-0.39, 0.29) is 18.4 Å². The highest BCUT2D eigenvalue weighted by Crippen LogP contribution is 2.25. The van der Waals surface area contributed by atoms with Crippen molar-refractivity contribution in [2.75, 3.05) is 32.1 Å². The number of methoxy groups -OCH3 is 1. The topological polar surface area (TPSA) is 83.4 Å². The van der Waals surface area contributed by atoms with E-state index in [1.165, 1.54) is 7.11 Å². The maximum atomic E-state index is 12.0. The van der Waals surface area contributed by atoms with E-state index in [4.69, 9.17) is 14.7 Å². The van der Waals surface area contributed by atoms with E-state index >= 15 is 0 Å². The Labute approximate surface area is 117 Å². The van der Waals surface area contributed by atoms with E-state index in [9.17, 15) is 4.79 Å². The van der Waals surface area contributed by atoms with Gasteiger partial charge < -0.3 is 20.1 Å². The minimum atomic E-state index is -0.137. The Hall–Kier alpha value is -2.10. The number of amides is 1. The van der Waals surface area contributed by atoms with Crippen LogP contribution in [0.2, 0.25) is 0 Å². The molecule has 0 bridgehead atoms. The van der Waals surface area contributed by atoms with E-state index in [1.807, 2.05) is 6.07 Å². The molecule has 1 aliphatic rings. The molecule has 20 heavy (non-hydrogen) atoms. The van der Waals surface area contributed by atoms with Gasteiger partial charge in [-0.1, -0.05) is 0 Å². The zero-order chi connectivity index (χ0) is 14.4. The van der Waals surface area contributed by atoms with Gasteiger partial charge in [-0.25, -0.2) is 0 Å². The van der Waals surface area contributed by atoms with E-state index < -0.39 is 0 Å². The summed E-state index contributed by atoms with van der Waals surface area (Å²) in [6, 6.07) is 6.92. The van der Waals surface area contributed by atoms with Gasteiger partial charge in [0.15, 0.2) is 0 Å². The van der Waals surface area contributed by atoms with Gasteiger partial charge in [-0.15, -0.1) is 0 Å². The number of nitrogens with zero attached hydrogens (tertiary/aromatic N) is 1. The fourth-order valence-electron chi connectivity index (χ4n) is 2.02. The smallest absolute Gasteiger partial charge is 0.227 e. The highest BCUT2D eigenvalue weighted by Gasteiger charge is 2.18. The van der Waals surface area contributed by atoms with E-state index in [1.54, 1.807) is 18.2 Å².